The third-order valence-electron chi connectivity index (χ3n) is 2.32. The predicted molar refractivity (Wildman–Crippen MR) is 56.2 cm³/mol. The van der Waals surface area contributed by atoms with Gasteiger partial charge in [0, 0.05) is 32.6 Å². The zero-order valence-corrected chi connectivity index (χ0v) is 9.61. The number of hydrogen-bond acceptors (Lipinski definition) is 3. The first-order chi connectivity index (χ1) is 7.92. The summed E-state index contributed by atoms with van der Waals surface area (Å²) >= 11 is 0. The van der Waals surface area contributed by atoms with E-state index in [9.17, 15) is 13.2 Å². The van der Waals surface area contributed by atoms with Crippen LogP contribution in [0.15, 0.2) is 12.4 Å². The van der Waals surface area contributed by atoms with Crippen molar-refractivity contribution in [2.45, 2.75) is 19.1 Å². The number of nitrogens with zero attached hydrogens (tertiary/aromatic N) is 3. The maximum Gasteiger partial charge on any atom is 0.401 e. The van der Waals surface area contributed by atoms with E-state index in [2.05, 4.69) is 4.98 Å². The van der Waals surface area contributed by atoms with Crippen LogP contribution in [0.4, 0.5) is 13.2 Å². The van der Waals surface area contributed by atoms with E-state index in [4.69, 9.17) is 5.11 Å². The van der Waals surface area contributed by atoms with Gasteiger partial charge in [-0.05, 0) is 6.42 Å². The molecule has 0 amide bonds. The van der Waals surface area contributed by atoms with Gasteiger partial charge in [-0.1, -0.05) is 0 Å². The fourth-order valence-corrected chi connectivity index (χ4v) is 1.51. The lowest BCUT2D eigenvalue weighted by Gasteiger charge is -2.22. The highest BCUT2D eigenvalue weighted by atomic mass is 19.4. The van der Waals surface area contributed by atoms with E-state index in [1.165, 1.54) is 4.90 Å². The van der Waals surface area contributed by atoms with Crippen LogP contribution in [0.1, 0.15) is 12.2 Å². The maximum atomic E-state index is 12.3. The Morgan fingerprint density at radius 3 is 2.65 bits per heavy atom. The number of aromatic nitrogens is 2. The molecule has 0 bridgehead atoms. The van der Waals surface area contributed by atoms with Gasteiger partial charge in [0.15, 0.2) is 0 Å². The van der Waals surface area contributed by atoms with Crippen LogP contribution in [0.5, 0.6) is 0 Å². The van der Waals surface area contributed by atoms with Gasteiger partial charge in [-0.2, -0.15) is 13.2 Å². The second kappa shape index (κ2) is 6.02. The van der Waals surface area contributed by atoms with Crippen molar-refractivity contribution in [3.8, 4) is 0 Å². The van der Waals surface area contributed by atoms with Crippen LogP contribution in [0, 0.1) is 0 Å². The number of halogens is 3. The Morgan fingerprint density at radius 2 is 2.18 bits per heavy atom. The molecule has 1 heterocycles. The molecule has 0 saturated heterocycles. The summed E-state index contributed by atoms with van der Waals surface area (Å²) in [7, 11) is 1.74. The fraction of sp³-hybridized carbons (Fsp3) is 0.700. The molecule has 0 aromatic carbocycles. The molecule has 1 rings (SSSR count). The Labute approximate surface area is 97.7 Å². The average Bonchev–Trinajstić information content (AvgIpc) is 2.59. The van der Waals surface area contributed by atoms with Gasteiger partial charge >= 0.3 is 6.18 Å². The Kier molecular flexibility index (Phi) is 4.95. The summed E-state index contributed by atoms with van der Waals surface area (Å²) in [6.07, 6.45) is -0.679. The molecule has 0 aliphatic carbocycles. The minimum absolute atomic E-state index is 0.116. The summed E-state index contributed by atoms with van der Waals surface area (Å²) in [5, 5.41) is 8.67. The van der Waals surface area contributed by atoms with E-state index < -0.39 is 12.7 Å². The van der Waals surface area contributed by atoms with E-state index in [0.29, 0.717) is 12.2 Å². The number of aliphatic hydroxyl groups is 1. The molecule has 0 unspecified atom stereocenters. The van der Waals surface area contributed by atoms with Gasteiger partial charge in [-0.25, -0.2) is 4.98 Å². The monoisotopic (exact) mass is 251 g/mol. The van der Waals surface area contributed by atoms with E-state index >= 15 is 0 Å². The van der Waals surface area contributed by atoms with Crippen molar-refractivity contribution in [2.75, 3.05) is 19.7 Å². The lowest BCUT2D eigenvalue weighted by molar-refractivity contribution is -0.147. The van der Waals surface area contributed by atoms with E-state index in [1.807, 2.05) is 0 Å². The molecular weight excluding hydrogens is 235 g/mol. The lowest BCUT2D eigenvalue weighted by Crippen LogP contribution is -2.35. The van der Waals surface area contributed by atoms with Crippen molar-refractivity contribution in [1.29, 1.82) is 0 Å². The van der Waals surface area contributed by atoms with Crippen LogP contribution in [0.25, 0.3) is 0 Å². The Balaban J connectivity index is 2.60. The molecule has 0 saturated carbocycles. The van der Waals surface area contributed by atoms with Crippen LogP contribution >= 0.6 is 0 Å². The molecule has 98 valence electrons. The Morgan fingerprint density at radius 1 is 1.47 bits per heavy atom. The van der Waals surface area contributed by atoms with E-state index in [-0.39, 0.29) is 19.7 Å². The number of rotatable bonds is 6. The van der Waals surface area contributed by atoms with Crippen LogP contribution in [0.3, 0.4) is 0 Å². The highest BCUT2D eigenvalue weighted by Crippen LogP contribution is 2.17. The number of aliphatic hydroxyl groups excluding tert-OH is 1. The standard InChI is InChI=1S/C10H16F3N3O/c1-15-5-3-14-9(15)7-16(4-2-6-17)8-10(11,12)13/h3,5,17H,2,4,6-8H2,1H3. The molecule has 0 aliphatic rings. The molecule has 0 spiro atoms. The van der Waals surface area contributed by atoms with Gasteiger partial charge in [-0.3, -0.25) is 4.90 Å². The van der Waals surface area contributed by atoms with Gasteiger partial charge in [0.1, 0.15) is 5.82 Å². The van der Waals surface area contributed by atoms with Crippen molar-refractivity contribution in [2.24, 2.45) is 7.05 Å². The molecule has 1 N–H and O–H groups in total. The molecule has 4 nitrogen and oxygen atoms in total. The zero-order chi connectivity index (χ0) is 12.9. The third-order valence-corrected chi connectivity index (χ3v) is 2.32. The molecular formula is C10H16F3N3O. The maximum absolute atomic E-state index is 12.3. The number of hydrogen-bond donors (Lipinski definition) is 1. The average molecular weight is 251 g/mol. The summed E-state index contributed by atoms with van der Waals surface area (Å²) in [5.41, 5.74) is 0. The SMILES string of the molecule is Cn1ccnc1CN(CCCO)CC(F)(F)F. The van der Waals surface area contributed by atoms with Crippen LogP contribution < -0.4 is 0 Å². The zero-order valence-electron chi connectivity index (χ0n) is 9.61. The number of imidazole rings is 1. The number of alkyl halides is 3. The highest BCUT2D eigenvalue weighted by Gasteiger charge is 2.30. The molecule has 0 aliphatic heterocycles. The first kappa shape index (κ1) is 14.0. The summed E-state index contributed by atoms with van der Waals surface area (Å²) in [5.74, 6) is 0.576. The summed E-state index contributed by atoms with van der Waals surface area (Å²) < 4.78 is 38.7. The van der Waals surface area contributed by atoms with Crippen LogP contribution in [-0.2, 0) is 13.6 Å². The minimum Gasteiger partial charge on any atom is -0.396 e. The molecule has 0 radical (unpaired) electrons. The van der Waals surface area contributed by atoms with Crippen molar-refractivity contribution in [3.63, 3.8) is 0 Å². The quantitative estimate of drug-likeness (QED) is 0.825. The predicted octanol–water partition coefficient (Wildman–Crippen LogP) is 1.17. The first-order valence-electron chi connectivity index (χ1n) is 5.28. The molecule has 17 heavy (non-hydrogen) atoms. The van der Waals surface area contributed by atoms with Crippen molar-refractivity contribution in [1.82, 2.24) is 14.5 Å². The van der Waals surface area contributed by atoms with Gasteiger partial charge in [-0.15, -0.1) is 0 Å². The third kappa shape index (κ3) is 5.18. The Hall–Kier alpha value is -1.08. The largest absolute Gasteiger partial charge is 0.401 e. The van der Waals surface area contributed by atoms with Crippen LogP contribution in [-0.4, -0.2) is 45.4 Å². The summed E-state index contributed by atoms with van der Waals surface area (Å²) in [6.45, 7) is -0.777. The van der Waals surface area contributed by atoms with Crippen LogP contribution in [0.2, 0.25) is 0 Å². The van der Waals surface area contributed by atoms with Gasteiger partial charge in [0.2, 0.25) is 0 Å². The smallest absolute Gasteiger partial charge is 0.396 e. The summed E-state index contributed by atoms with van der Waals surface area (Å²) in [4.78, 5) is 5.22. The van der Waals surface area contributed by atoms with Crippen molar-refractivity contribution >= 4 is 0 Å². The van der Waals surface area contributed by atoms with Crippen molar-refractivity contribution in [3.05, 3.63) is 18.2 Å². The molecule has 0 atom stereocenters. The molecule has 0 fully saturated rings. The molecule has 1 aromatic heterocycles. The second-order valence-corrected chi connectivity index (χ2v) is 3.86. The highest BCUT2D eigenvalue weighted by molar-refractivity contribution is 4.91. The van der Waals surface area contributed by atoms with E-state index in [1.54, 1.807) is 24.0 Å². The molecule has 1 aromatic rings. The number of aryl methyl sites for hydroxylation is 1. The van der Waals surface area contributed by atoms with Gasteiger partial charge in [0.05, 0.1) is 13.1 Å². The lowest BCUT2D eigenvalue weighted by atomic mass is 10.3. The normalized spacial score (nSPS) is 12.4. The Bertz CT molecular complexity index is 338. The van der Waals surface area contributed by atoms with Gasteiger partial charge in [0.25, 0.3) is 0 Å². The van der Waals surface area contributed by atoms with Gasteiger partial charge < -0.3 is 9.67 Å². The topological polar surface area (TPSA) is 41.3 Å². The van der Waals surface area contributed by atoms with Crippen molar-refractivity contribution < 1.29 is 18.3 Å². The van der Waals surface area contributed by atoms with E-state index in [0.717, 1.165) is 0 Å². The molecule has 7 heteroatoms. The summed E-state index contributed by atoms with van der Waals surface area (Å²) in [6, 6.07) is 0. The first-order valence-corrected chi connectivity index (χ1v) is 5.28. The fourth-order valence-electron chi connectivity index (χ4n) is 1.51. The minimum atomic E-state index is -4.24. The second-order valence-electron chi connectivity index (χ2n) is 3.86.